The predicted octanol–water partition coefficient (Wildman–Crippen LogP) is 4.37. The van der Waals surface area contributed by atoms with Crippen molar-refractivity contribution in [2.24, 2.45) is 0 Å². The van der Waals surface area contributed by atoms with Gasteiger partial charge in [0, 0.05) is 47.8 Å². The van der Waals surface area contributed by atoms with Crippen molar-refractivity contribution in [1.82, 2.24) is 9.88 Å². The molecule has 0 unspecified atom stereocenters. The molecule has 1 aliphatic rings. The fourth-order valence-corrected chi connectivity index (χ4v) is 4.64. The number of carbonyl (C=O) groups excluding carboxylic acids is 1. The minimum Gasteiger partial charge on any atom is -0.493 e. The van der Waals surface area contributed by atoms with E-state index in [1.165, 1.54) is 11.3 Å². The molecular formula is C23H24ClN3O3S. The zero-order chi connectivity index (χ0) is 21.8. The van der Waals surface area contributed by atoms with Gasteiger partial charge in [-0.05, 0) is 36.4 Å². The number of thiazole rings is 1. The Morgan fingerprint density at radius 1 is 1.06 bits per heavy atom. The SMILES string of the molecule is COc1ccc(-c2nc(CC(=O)N3CCN(c4cccc(Cl)c4)CC3)cs2)cc1OC. The van der Waals surface area contributed by atoms with Crippen molar-refractivity contribution in [3.05, 3.63) is 58.6 Å². The van der Waals surface area contributed by atoms with Gasteiger partial charge in [-0.15, -0.1) is 11.3 Å². The first-order valence-electron chi connectivity index (χ1n) is 10.0. The van der Waals surface area contributed by atoms with E-state index in [0.29, 0.717) is 31.0 Å². The molecule has 0 spiro atoms. The van der Waals surface area contributed by atoms with Gasteiger partial charge in [-0.2, -0.15) is 0 Å². The highest BCUT2D eigenvalue weighted by atomic mass is 35.5. The van der Waals surface area contributed by atoms with Crippen molar-refractivity contribution in [3.8, 4) is 22.1 Å². The van der Waals surface area contributed by atoms with Crippen LogP contribution in [0.25, 0.3) is 10.6 Å². The van der Waals surface area contributed by atoms with E-state index in [2.05, 4.69) is 9.88 Å². The Kier molecular flexibility index (Phi) is 6.63. The zero-order valence-corrected chi connectivity index (χ0v) is 19.1. The largest absolute Gasteiger partial charge is 0.493 e. The first-order chi connectivity index (χ1) is 15.1. The molecule has 0 N–H and O–H groups in total. The number of amides is 1. The van der Waals surface area contributed by atoms with E-state index in [0.717, 1.165) is 40.1 Å². The molecule has 1 amide bonds. The van der Waals surface area contributed by atoms with Gasteiger partial charge in [0.1, 0.15) is 5.01 Å². The van der Waals surface area contributed by atoms with Crippen LogP contribution in [-0.2, 0) is 11.2 Å². The lowest BCUT2D eigenvalue weighted by Crippen LogP contribution is -2.49. The predicted molar refractivity (Wildman–Crippen MR) is 125 cm³/mol. The summed E-state index contributed by atoms with van der Waals surface area (Å²) in [5.41, 5.74) is 2.83. The summed E-state index contributed by atoms with van der Waals surface area (Å²) in [6, 6.07) is 13.5. The Morgan fingerprint density at radius 3 is 2.55 bits per heavy atom. The van der Waals surface area contributed by atoms with Crippen LogP contribution < -0.4 is 14.4 Å². The molecule has 1 aromatic heterocycles. The van der Waals surface area contributed by atoms with E-state index in [1.807, 2.05) is 52.7 Å². The number of carbonyl (C=O) groups is 1. The first kappa shape index (κ1) is 21.5. The van der Waals surface area contributed by atoms with Gasteiger partial charge in [-0.3, -0.25) is 4.79 Å². The van der Waals surface area contributed by atoms with E-state index in [-0.39, 0.29) is 5.91 Å². The average molecular weight is 458 g/mol. The van der Waals surface area contributed by atoms with Gasteiger partial charge in [-0.25, -0.2) is 4.98 Å². The summed E-state index contributed by atoms with van der Waals surface area (Å²) in [5, 5.41) is 3.53. The highest BCUT2D eigenvalue weighted by molar-refractivity contribution is 7.13. The molecule has 1 fully saturated rings. The maximum atomic E-state index is 12.8. The molecule has 2 heterocycles. The number of aromatic nitrogens is 1. The smallest absolute Gasteiger partial charge is 0.228 e. The van der Waals surface area contributed by atoms with Crippen molar-refractivity contribution < 1.29 is 14.3 Å². The topological polar surface area (TPSA) is 54.9 Å². The molecular weight excluding hydrogens is 434 g/mol. The molecule has 0 saturated carbocycles. The molecule has 2 aromatic carbocycles. The minimum atomic E-state index is 0.106. The van der Waals surface area contributed by atoms with Crippen LogP contribution in [0.2, 0.25) is 5.02 Å². The quantitative estimate of drug-likeness (QED) is 0.550. The van der Waals surface area contributed by atoms with Gasteiger partial charge in [0.2, 0.25) is 5.91 Å². The molecule has 162 valence electrons. The second kappa shape index (κ2) is 9.58. The highest BCUT2D eigenvalue weighted by Gasteiger charge is 2.22. The number of nitrogens with zero attached hydrogens (tertiary/aromatic N) is 3. The summed E-state index contributed by atoms with van der Waals surface area (Å²) < 4.78 is 10.7. The monoisotopic (exact) mass is 457 g/mol. The second-order valence-corrected chi connectivity index (χ2v) is 8.53. The Balaban J connectivity index is 1.36. The summed E-state index contributed by atoms with van der Waals surface area (Å²) in [6.07, 6.45) is 0.307. The van der Waals surface area contributed by atoms with Crippen LogP contribution in [0.4, 0.5) is 5.69 Å². The Hall–Kier alpha value is -2.77. The molecule has 1 saturated heterocycles. The van der Waals surface area contributed by atoms with Crippen LogP contribution in [-0.4, -0.2) is 56.2 Å². The van der Waals surface area contributed by atoms with Crippen molar-refractivity contribution in [1.29, 1.82) is 0 Å². The number of rotatable bonds is 6. The van der Waals surface area contributed by atoms with Gasteiger partial charge < -0.3 is 19.3 Å². The average Bonchev–Trinajstić information content (AvgIpc) is 3.27. The molecule has 0 aliphatic carbocycles. The van der Waals surface area contributed by atoms with Gasteiger partial charge >= 0.3 is 0 Å². The van der Waals surface area contributed by atoms with Gasteiger partial charge in [0.15, 0.2) is 11.5 Å². The van der Waals surface area contributed by atoms with Crippen LogP contribution >= 0.6 is 22.9 Å². The number of hydrogen-bond donors (Lipinski definition) is 0. The Labute approximate surface area is 191 Å². The molecule has 0 atom stereocenters. The van der Waals surface area contributed by atoms with Crippen LogP contribution in [0.5, 0.6) is 11.5 Å². The number of benzene rings is 2. The van der Waals surface area contributed by atoms with E-state index < -0.39 is 0 Å². The highest BCUT2D eigenvalue weighted by Crippen LogP contribution is 2.33. The minimum absolute atomic E-state index is 0.106. The summed E-state index contributed by atoms with van der Waals surface area (Å²) >= 11 is 7.63. The first-order valence-corrected chi connectivity index (χ1v) is 11.3. The van der Waals surface area contributed by atoms with Gasteiger partial charge in [0.05, 0.1) is 26.3 Å². The number of halogens is 1. The van der Waals surface area contributed by atoms with Crippen LogP contribution in [0, 0.1) is 0 Å². The van der Waals surface area contributed by atoms with E-state index in [4.69, 9.17) is 21.1 Å². The summed E-state index contributed by atoms with van der Waals surface area (Å²) in [7, 11) is 3.22. The standard InChI is InChI=1S/C23H24ClN3O3S/c1-29-20-7-6-16(12-21(20)30-2)23-25-18(15-31-23)14-22(28)27-10-8-26(9-11-27)19-5-3-4-17(24)13-19/h3-7,12-13,15H,8-11,14H2,1-2H3. The van der Waals surface area contributed by atoms with Crippen molar-refractivity contribution in [2.75, 3.05) is 45.3 Å². The van der Waals surface area contributed by atoms with Crippen molar-refractivity contribution in [2.45, 2.75) is 6.42 Å². The molecule has 31 heavy (non-hydrogen) atoms. The van der Waals surface area contributed by atoms with Gasteiger partial charge in [0.25, 0.3) is 0 Å². The van der Waals surface area contributed by atoms with Crippen molar-refractivity contribution in [3.63, 3.8) is 0 Å². The Morgan fingerprint density at radius 2 is 1.84 bits per heavy atom. The summed E-state index contributed by atoms with van der Waals surface area (Å²) in [4.78, 5) is 21.6. The number of piperazine rings is 1. The number of anilines is 1. The number of hydrogen-bond acceptors (Lipinski definition) is 6. The van der Waals surface area contributed by atoms with Crippen molar-refractivity contribution >= 4 is 34.5 Å². The molecule has 8 heteroatoms. The molecule has 3 aromatic rings. The summed E-state index contributed by atoms with van der Waals surface area (Å²) in [6.45, 7) is 2.97. The fraction of sp³-hybridized carbons (Fsp3) is 0.304. The lowest BCUT2D eigenvalue weighted by atomic mass is 10.2. The number of ether oxygens (including phenoxy) is 2. The maximum Gasteiger partial charge on any atom is 0.228 e. The lowest BCUT2D eigenvalue weighted by Gasteiger charge is -2.36. The fourth-order valence-electron chi connectivity index (χ4n) is 3.64. The molecule has 4 rings (SSSR count). The third-order valence-electron chi connectivity index (χ3n) is 5.32. The van der Waals surface area contributed by atoms with Crippen LogP contribution in [0.1, 0.15) is 5.69 Å². The van der Waals surface area contributed by atoms with E-state index in [1.54, 1.807) is 14.2 Å². The number of methoxy groups -OCH3 is 2. The van der Waals surface area contributed by atoms with E-state index >= 15 is 0 Å². The third-order valence-corrected chi connectivity index (χ3v) is 6.50. The second-order valence-electron chi connectivity index (χ2n) is 7.24. The zero-order valence-electron chi connectivity index (χ0n) is 17.5. The van der Waals surface area contributed by atoms with Crippen LogP contribution in [0.15, 0.2) is 47.8 Å². The molecule has 0 radical (unpaired) electrons. The molecule has 0 bridgehead atoms. The maximum absolute atomic E-state index is 12.8. The molecule has 6 nitrogen and oxygen atoms in total. The third kappa shape index (κ3) is 4.94. The lowest BCUT2D eigenvalue weighted by molar-refractivity contribution is -0.130. The van der Waals surface area contributed by atoms with E-state index in [9.17, 15) is 4.79 Å². The normalized spacial score (nSPS) is 13.9. The summed E-state index contributed by atoms with van der Waals surface area (Å²) in [5.74, 6) is 1.44. The van der Waals surface area contributed by atoms with Crippen LogP contribution in [0.3, 0.4) is 0 Å². The Bertz CT molecular complexity index is 1060. The van der Waals surface area contributed by atoms with Gasteiger partial charge in [-0.1, -0.05) is 17.7 Å². The molecule has 1 aliphatic heterocycles.